The number of hydrogen-bond donors (Lipinski definition) is 0. The zero-order valence-electron chi connectivity index (χ0n) is 15.0. The van der Waals surface area contributed by atoms with Gasteiger partial charge in [-0.25, -0.2) is 14.0 Å². The van der Waals surface area contributed by atoms with E-state index in [4.69, 9.17) is 20.8 Å². The molecular formula is C23H14ClFO4. The summed E-state index contributed by atoms with van der Waals surface area (Å²) in [6, 6.07) is 19.4. The van der Waals surface area contributed by atoms with Crippen LogP contribution in [0.3, 0.4) is 0 Å². The van der Waals surface area contributed by atoms with Crippen LogP contribution in [0.25, 0.3) is 11.0 Å². The molecule has 0 amide bonds. The van der Waals surface area contributed by atoms with Gasteiger partial charge in [0.1, 0.15) is 11.4 Å². The van der Waals surface area contributed by atoms with Crippen molar-refractivity contribution < 1.29 is 18.3 Å². The lowest BCUT2D eigenvalue weighted by atomic mass is 10.0. The summed E-state index contributed by atoms with van der Waals surface area (Å²) in [7, 11) is 0. The lowest BCUT2D eigenvalue weighted by Crippen LogP contribution is -2.17. The fourth-order valence-electron chi connectivity index (χ4n) is 3.05. The van der Waals surface area contributed by atoms with E-state index in [1.165, 1.54) is 18.2 Å². The van der Waals surface area contributed by atoms with Crippen molar-refractivity contribution in [2.45, 2.75) is 6.42 Å². The van der Waals surface area contributed by atoms with Crippen LogP contribution in [0.15, 0.2) is 82.0 Å². The van der Waals surface area contributed by atoms with E-state index in [2.05, 4.69) is 0 Å². The second kappa shape index (κ2) is 7.89. The molecule has 0 N–H and O–H groups in total. The largest absolute Gasteiger partial charge is 0.422 e. The molecule has 4 rings (SSSR count). The van der Waals surface area contributed by atoms with Crippen LogP contribution in [0.1, 0.15) is 21.5 Å². The Morgan fingerprint density at radius 1 is 0.966 bits per heavy atom. The monoisotopic (exact) mass is 408 g/mol. The van der Waals surface area contributed by atoms with Gasteiger partial charge in [0.2, 0.25) is 0 Å². The van der Waals surface area contributed by atoms with Gasteiger partial charge in [-0.05, 0) is 29.8 Å². The van der Waals surface area contributed by atoms with Crippen LogP contribution < -0.4 is 10.4 Å². The van der Waals surface area contributed by atoms with Crippen LogP contribution in [0, 0.1) is 5.82 Å². The van der Waals surface area contributed by atoms with E-state index < -0.39 is 17.4 Å². The maximum absolute atomic E-state index is 14.1. The van der Waals surface area contributed by atoms with Gasteiger partial charge in [0.05, 0.1) is 21.5 Å². The van der Waals surface area contributed by atoms with E-state index in [1.807, 2.05) is 30.3 Å². The molecule has 0 saturated carbocycles. The van der Waals surface area contributed by atoms with Gasteiger partial charge in [-0.3, -0.25) is 0 Å². The highest BCUT2D eigenvalue weighted by Gasteiger charge is 2.23. The fraction of sp³-hybridized carbons (Fsp3) is 0.0435. The second-order valence-electron chi connectivity index (χ2n) is 6.34. The minimum absolute atomic E-state index is 0.0287. The molecule has 3 aromatic carbocycles. The molecule has 0 aliphatic rings. The zero-order valence-corrected chi connectivity index (χ0v) is 15.8. The maximum atomic E-state index is 14.1. The van der Waals surface area contributed by atoms with E-state index in [0.29, 0.717) is 0 Å². The van der Waals surface area contributed by atoms with Crippen molar-refractivity contribution in [1.82, 2.24) is 0 Å². The predicted molar refractivity (Wildman–Crippen MR) is 108 cm³/mol. The molecule has 0 atom stereocenters. The molecule has 0 saturated heterocycles. The van der Waals surface area contributed by atoms with Crippen LogP contribution in [-0.2, 0) is 6.42 Å². The molecule has 6 heteroatoms. The number of halogens is 2. The molecule has 0 unspecified atom stereocenters. The van der Waals surface area contributed by atoms with Crippen LogP contribution in [0.5, 0.6) is 5.75 Å². The van der Waals surface area contributed by atoms with Gasteiger partial charge in [-0.2, -0.15) is 0 Å². The van der Waals surface area contributed by atoms with Crippen molar-refractivity contribution in [3.63, 3.8) is 0 Å². The summed E-state index contributed by atoms with van der Waals surface area (Å²) < 4.78 is 25.0. The van der Waals surface area contributed by atoms with Gasteiger partial charge in [-0.1, -0.05) is 60.1 Å². The number of fused-ring (bicyclic) bond motifs is 1. The maximum Gasteiger partial charge on any atom is 0.346 e. The summed E-state index contributed by atoms with van der Waals surface area (Å²) >= 11 is 6.32. The third-order valence-corrected chi connectivity index (χ3v) is 4.75. The van der Waals surface area contributed by atoms with Gasteiger partial charge in [0.15, 0.2) is 5.75 Å². The van der Waals surface area contributed by atoms with Gasteiger partial charge < -0.3 is 9.15 Å². The molecule has 4 aromatic rings. The minimum Gasteiger partial charge on any atom is -0.422 e. The van der Waals surface area contributed by atoms with Crippen molar-refractivity contribution in [3.8, 4) is 5.75 Å². The molecule has 0 bridgehead atoms. The molecule has 0 radical (unpaired) electrons. The third-order valence-electron chi connectivity index (χ3n) is 4.44. The summed E-state index contributed by atoms with van der Waals surface area (Å²) in [6.07, 6.45) is 0.157. The fourth-order valence-corrected chi connectivity index (χ4v) is 3.31. The van der Waals surface area contributed by atoms with Crippen LogP contribution >= 0.6 is 11.6 Å². The molecule has 0 spiro atoms. The van der Waals surface area contributed by atoms with Crippen LogP contribution in [0.2, 0.25) is 5.02 Å². The Kier molecular flexibility index (Phi) is 5.14. The number of ether oxygens (including phenoxy) is 1. The van der Waals surface area contributed by atoms with Crippen molar-refractivity contribution in [2.24, 2.45) is 0 Å². The Morgan fingerprint density at radius 3 is 2.45 bits per heavy atom. The third kappa shape index (κ3) is 3.77. The van der Waals surface area contributed by atoms with Gasteiger partial charge in [0, 0.05) is 6.42 Å². The number of benzene rings is 3. The molecule has 0 fully saturated rings. The molecule has 1 aromatic heterocycles. The van der Waals surface area contributed by atoms with E-state index in [-0.39, 0.29) is 39.3 Å². The second-order valence-corrected chi connectivity index (χ2v) is 6.75. The highest BCUT2D eigenvalue weighted by atomic mass is 35.5. The normalized spacial score (nSPS) is 10.8. The standard InChI is InChI=1S/C23H14ClFO4/c24-17-10-6-12-19-20(17)21(29-22(26)15-9-4-5-11-18(15)25)16(23(27)28-19)13-14-7-2-1-3-8-14/h1-12H,13H2. The summed E-state index contributed by atoms with van der Waals surface area (Å²) in [5.74, 6) is -1.68. The molecule has 4 nitrogen and oxygen atoms in total. The number of rotatable bonds is 4. The Morgan fingerprint density at radius 2 is 1.69 bits per heavy atom. The SMILES string of the molecule is O=C(Oc1c(Cc2ccccc2)c(=O)oc2cccc(Cl)c12)c1ccccc1F. The smallest absolute Gasteiger partial charge is 0.346 e. The average molecular weight is 409 g/mol. The van der Waals surface area contributed by atoms with E-state index in [9.17, 15) is 14.0 Å². The van der Waals surface area contributed by atoms with E-state index in [0.717, 1.165) is 11.6 Å². The lowest BCUT2D eigenvalue weighted by Gasteiger charge is -2.13. The minimum atomic E-state index is -0.927. The lowest BCUT2D eigenvalue weighted by molar-refractivity contribution is 0.0730. The first-order valence-corrected chi connectivity index (χ1v) is 9.17. The van der Waals surface area contributed by atoms with Crippen molar-refractivity contribution >= 4 is 28.5 Å². The summed E-state index contributed by atoms with van der Waals surface area (Å²) in [5.41, 5.74) is 0.220. The quantitative estimate of drug-likeness (QED) is 0.335. The van der Waals surface area contributed by atoms with Crippen LogP contribution in [0.4, 0.5) is 4.39 Å². The number of carbonyl (C=O) groups is 1. The summed E-state index contributed by atoms with van der Waals surface area (Å²) in [4.78, 5) is 25.3. The number of carbonyl (C=O) groups excluding carboxylic acids is 1. The topological polar surface area (TPSA) is 56.5 Å². The molecule has 0 aliphatic heterocycles. The van der Waals surface area contributed by atoms with Gasteiger partial charge in [-0.15, -0.1) is 0 Å². The molecule has 0 aliphatic carbocycles. The van der Waals surface area contributed by atoms with Crippen molar-refractivity contribution in [1.29, 1.82) is 0 Å². The van der Waals surface area contributed by atoms with Crippen molar-refractivity contribution in [2.75, 3.05) is 0 Å². The van der Waals surface area contributed by atoms with E-state index >= 15 is 0 Å². The average Bonchev–Trinajstić information content (AvgIpc) is 2.71. The highest BCUT2D eigenvalue weighted by Crippen LogP contribution is 2.35. The number of esters is 1. The highest BCUT2D eigenvalue weighted by molar-refractivity contribution is 6.36. The molecule has 1 heterocycles. The number of hydrogen-bond acceptors (Lipinski definition) is 4. The Balaban J connectivity index is 1.89. The Bertz CT molecular complexity index is 1270. The molecule has 29 heavy (non-hydrogen) atoms. The first-order valence-electron chi connectivity index (χ1n) is 8.79. The first kappa shape index (κ1) is 18.9. The first-order chi connectivity index (χ1) is 14.0. The van der Waals surface area contributed by atoms with Gasteiger partial charge >= 0.3 is 11.6 Å². The van der Waals surface area contributed by atoms with Crippen molar-refractivity contribution in [3.05, 3.63) is 111 Å². The Labute approximate surface area is 170 Å². The summed E-state index contributed by atoms with van der Waals surface area (Å²) in [5, 5.41) is 0.529. The zero-order chi connectivity index (χ0) is 20.4. The molecule has 144 valence electrons. The summed E-state index contributed by atoms with van der Waals surface area (Å²) in [6.45, 7) is 0. The Hall–Kier alpha value is -3.44. The van der Waals surface area contributed by atoms with Gasteiger partial charge in [0.25, 0.3) is 0 Å². The van der Waals surface area contributed by atoms with Crippen LogP contribution in [-0.4, -0.2) is 5.97 Å². The predicted octanol–water partition coefficient (Wildman–Crippen LogP) is 5.40. The molecular weight excluding hydrogens is 395 g/mol. The van der Waals surface area contributed by atoms with E-state index in [1.54, 1.807) is 18.2 Å².